The number of para-hydroxylation sites is 1. The van der Waals surface area contributed by atoms with E-state index in [1.165, 1.54) is 22.4 Å². The predicted octanol–water partition coefficient (Wildman–Crippen LogP) is 0.978. The molecule has 0 aliphatic heterocycles. The molecule has 0 aliphatic carbocycles. The van der Waals surface area contributed by atoms with Crippen LogP contribution >= 0.6 is 11.8 Å². The van der Waals surface area contributed by atoms with E-state index in [-0.39, 0.29) is 11.3 Å². The number of aromatic carboxylic acids is 1. The Morgan fingerprint density at radius 3 is 2.90 bits per heavy atom. The molecule has 0 amide bonds. The summed E-state index contributed by atoms with van der Waals surface area (Å²) in [6, 6.07) is 6.46. The third-order valence-electron chi connectivity index (χ3n) is 2.53. The number of carbonyl (C=O) groups is 1. The second-order valence-corrected chi connectivity index (χ2v) is 4.93. The predicted molar refractivity (Wildman–Crippen MR) is 73.4 cm³/mol. The van der Waals surface area contributed by atoms with Gasteiger partial charge < -0.3 is 9.84 Å². The van der Waals surface area contributed by atoms with Crippen molar-refractivity contribution >= 4 is 17.7 Å². The maximum absolute atomic E-state index is 11.1. The standard InChI is InChI=1S/C12H13N3O4S/c1-15-11(18)13-14-12(15)20-7-6-19-9-5-3-2-4-8(9)10(16)17/h2-5H,6-7H2,1H3,(H,13,18)(H,16,17). The fourth-order valence-electron chi connectivity index (χ4n) is 1.52. The Balaban J connectivity index is 1.89. The second kappa shape index (κ2) is 6.29. The number of nitrogens with zero attached hydrogens (tertiary/aromatic N) is 2. The highest BCUT2D eigenvalue weighted by Gasteiger charge is 2.10. The molecule has 0 saturated carbocycles. The first kappa shape index (κ1) is 14.2. The number of hydrogen-bond acceptors (Lipinski definition) is 5. The normalized spacial score (nSPS) is 10.4. The number of benzene rings is 1. The topological polar surface area (TPSA) is 97.2 Å². The number of carboxylic acid groups (broad SMARTS) is 1. The Labute approximate surface area is 118 Å². The summed E-state index contributed by atoms with van der Waals surface area (Å²) in [6.45, 7) is 0.315. The Morgan fingerprint density at radius 1 is 1.50 bits per heavy atom. The lowest BCUT2D eigenvalue weighted by Crippen LogP contribution is -2.13. The van der Waals surface area contributed by atoms with E-state index in [1.54, 1.807) is 25.2 Å². The quantitative estimate of drug-likeness (QED) is 0.609. The van der Waals surface area contributed by atoms with Crippen molar-refractivity contribution in [2.75, 3.05) is 12.4 Å². The van der Waals surface area contributed by atoms with Crippen molar-refractivity contribution in [3.05, 3.63) is 40.3 Å². The molecule has 8 heteroatoms. The van der Waals surface area contributed by atoms with Crippen LogP contribution in [0.3, 0.4) is 0 Å². The van der Waals surface area contributed by atoms with Crippen LogP contribution in [0.2, 0.25) is 0 Å². The largest absolute Gasteiger partial charge is 0.492 e. The molecular weight excluding hydrogens is 282 g/mol. The molecule has 0 bridgehead atoms. The Morgan fingerprint density at radius 2 is 2.25 bits per heavy atom. The van der Waals surface area contributed by atoms with Gasteiger partial charge in [0.05, 0.1) is 6.61 Å². The lowest BCUT2D eigenvalue weighted by Gasteiger charge is -2.08. The van der Waals surface area contributed by atoms with E-state index in [0.717, 1.165) is 0 Å². The lowest BCUT2D eigenvalue weighted by molar-refractivity contribution is 0.0692. The van der Waals surface area contributed by atoms with Crippen LogP contribution in [-0.4, -0.2) is 38.2 Å². The highest BCUT2D eigenvalue weighted by atomic mass is 32.2. The van der Waals surface area contributed by atoms with Gasteiger partial charge in [-0.25, -0.2) is 14.7 Å². The van der Waals surface area contributed by atoms with Crippen LogP contribution in [0.5, 0.6) is 5.75 Å². The highest BCUT2D eigenvalue weighted by Crippen LogP contribution is 2.19. The smallest absolute Gasteiger partial charge is 0.343 e. The first-order valence-corrected chi connectivity index (χ1v) is 6.77. The van der Waals surface area contributed by atoms with Crippen LogP contribution in [0.1, 0.15) is 10.4 Å². The molecule has 0 spiro atoms. The fraction of sp³-hybridized carbons (Fsp3) is 0.250. The summed E-state index contributed by atoms with van der Waals surface area (Å²) in [5, 5.41) is 15.7. The van der Waals surface area contributed by atoms with Gasteiger partial charge in [-0.2, -0.15) is 0 Å². The number of ether oxygens (including phenoxy) is 1. The van der Waals surface area contributed by atoms with E-state index in [2.05, 4.69) is 10.2 Å². The van der Waals surface area contributed by atoms with Crippen LogP contribution in [0.25, 0.3) is 0 Å². The SMILES string of the molecule is Cn1c(SCCOc2ccccc2C(=O)O)n[nH]c1=O. The first-order chi connectivity index (χ1) is 9.59. The molecule has 1 heterocycles. The summed E-state index contributed by atoms with van der Waals surface area (Å²) in [6.07, 6.45) is 0. The summed E-state index contributed by atoms with van der Waals surface area (Å²) in [5.41, 5.74) is -0.144. The number of aromatic amines is 1. The zero-order valence-electron chi connectivity index (χ0n) is 10.7. The van der Waals surface area contributed by atoms with Crippen LogP contribution in [0.4, 0.5) is 0 Å². The maximum Gasteiger partial charge on any atom is 0.343 e. The number of hydrogen-bond donors (Lipinski definition) is 2. The monoisotopic (exact) mass is 295 g/mol. The zero-order chi connectivity index (χ0) is 14.5. The molecule has 106 valence electrons. The van der Waals surface area contributed by atoms with E-state index in [9.17, 15) is 9.59 Å². The van der Waals surface area contributed by atoms with Crippen molar-refractivity contribution in [1.82, 2.24) is 14.8 Å². The van der Waals surface area contributed by atoms with Gasteiger partial charge in [0, 0.05) is 12.8 Å². The molecule has 1 aromatic carbocycles. The van der Waals surface area contributed by atoms with E-state index >= 15 is 0 Å². The van der Waals surface area contributed by atoms with E-state index in [1.807, 2.05) is 0 Å². The van der Waals surface area contributed by atoms with Crippen molar-refractivity contribution in [3.8, 4) is 5.75 Å². The third kappa shape index (κ3) is 3.21. The molecule has 1 aromatic heterocycles. The van der Waals surface area contributed by atoms with Crippen molar-refractivity contribution in [2.24, 2.45) is 7.05 Å². The number of thioether (sulfide) groups is 1. The van der Waals surface area contributed by atoms with Crippen molar-refractivity contribution in [2.45, 2.75) is 5.16 Å². The molecule has 2 aromatic rings. The van der Waals surface area contributed by atoms with Crippen molar-refractivity contribution < 1.29 is 14.6 Å². The summed E-state index contributed by atoms with van der Waals surface area (Å²) in [5.74, 6) is -0.147. The second-order valence-electron chi connectivity index (χ2n) is 3.87. The van der Waals surface area contributed by atoms with Gasteiger partial charge >= 0.3 is 11.7 Å². The van der Waals surface area contributed by atoms with Gasteiger partial charge in [-0.1, -0.05) is 23.9 Å². The molecule has 0 saturated heterocycles. The van der Waals surface area contributed by atoms with E-state index in [4.69, 9.17) is 9.84 Å². The average molecular weight is 295 g/mol. The van der Waals surface area contributed by atoms with Crippen LogP contribution < -0.4 is 10.4 Å². The molecule has 0 unspecified atom stereocenters. The van der Waals surface area contributed by atoms with Crippen LogP contribution in [-0.2, 0) is 7.05 Å². The molecular formula is C12H13N3O4S. The molecule has 0 aliphatic rings. The van der Waals surface area contributed by atoms with Crippen molar-refractivity contribution in [3.63, 3.8) is 0 Å². The zero-order valence-corrected chi connectivity index (χ0v) is 11.5. The summed E-state index contributed by atoms with van der Waals surface area (Å²) >= 11 is 1.35. The molecule has 0 atom stereocenters. The molecule has 0 radical (unpaired) electrons. The van der Waals surface area contributed by atoms with Crippen molar-refractivity contribution in [1.29, 1.82) is 0 Å². The van der Waals surface area contributed by atoms with Gasteiger partial charge in [0.15, 0.2) is 5.16 Å². The van der Waals surface area contributed by atoms with Crippen LogP contribution in [0, 0.1) is 0 Å². The van der Waals surface area contributed by atoms with Gasteiger partial charge in [0.2, 0.25) is 0 Å². The molecule has 7 nitrogen and oxygen atoms in total. The van der Waals surface area contributed by atoms with E-state index < -0.39 is 5.97 Å². The fourth-order valence-corrected chi connectivity index (χ4v) is 2.25. The third-order valence-corrected chi connectivity index (χ3v) is 3.52. The Kier molecular flexibility index (Phi) is 4.46. The number of nitrogens with one attached hydrogen (secondary N) is 1. The van der Waals surface area contributed by atoms with E-state index in [0.29, 0.717) is 23.3 Å². The molecule has 2 rings (SSSR count). The molecule has 2 N–H and O–H groups in total. The lowest BCUT2D eigenvalue weighted by atomic mass is 10.2. The Hall–Kier alpha value is -2.22. The molecule has 20 heavy (non-hydrogen) atoms. The average Bonchev–Trinajstić information content (AvgIpc) is 2.75. The summed E-state index contributed by atoms with van der Waals surface area (Å²) in [7, 11) is 1.62. The number of H-pyrrole nitrogens is 1. The van der Waals surface area contributed by atoms with Crippen LogP contribution in [0.15, 0.2) is 34.2 Å². The van der Waals surface area contributed by atoms with Gasteiger partial charge in [-0.3, -0.25) is 4.57 Å². The summed E-state index contributed by atoms with van der Waals surface area (Å²) < 4.78 is 6.84. The minimum Gasteiger partial charge on any atom is -0.492 e. The molecule has 0 fully saturated rings. The van der Waals surface area contributed by atoms with Gasteiger partial charge in [0.1, 0.15) is 11.3 Å². The van der Waals surface area contributed by atoms with Gasteiger partial charge in [-0.05, 0) is 12.1 Å². The van der Waals surface area contributed by atoms with Gasteiger partial charge in [0.25, 0.3) is 0 Å². The maximum atomic E-state index is 11.1. The number of carboxylic acids is 1. The number of aromatic nitrogens is 3. The number of rotatable bonds is 6. The Bertz CT molecular complexity index is 665. The highest BCUT2D eigenvalue weighted by molar-refractivity contribution is 7.99. The minimum absolute atomic E-state index is 0.129. The minimum atomic E-state index is -1.03. The first-order valence-electron chi connectivity index (χ1n) is 5.79. The van der Waals surface area contributed by atoms with Gasteiger partial charge in [-0.15, -0.1) is 5.10 Å². The summed E-state index contributed by atoms with van der Waals surface area (Å²) in [4.78, 5) is 22.1.